The van der Waals surface area contributed by atoms with Crippen molar-refractivity contribution in [2.45, 2.75) is 26.7 Å². The normalized spacial score (nSPS) is 15.4. The van der Waals surface area contributed by atoms with Crippen molar-refractivity contribution < 1.29 is 9.26 Å². The van der Waals surface area contributed by atoms with E-state index >= 15 is 0 Å². The van der Waals surface area contributed by atoms with Crippen LogP contribution in [0.4, 0.5) is 0 Å². The van der Waals surface area contributed by atoms with Crippen LogP contribution in [-0.4, -0.2) is 73.5 Å². The Hall–Kier alpha value is -2.45. The summed E-state index contributed by atoms with van der Waals surface area (Å²) in [6, 6.07) is 8.28. The van der Waals surface area contributed by atoms with Gasteiger partial charge >= 0.3 is 0 Å². The number of aryl methyl sites for hydroxylation is 1. The minimum atomic E-state index is 0.577. The molecule has 1 aliphatic rings. The van der Waals surface area contributed by atoms with E-state index in [2.05, 4.69) is 49.7 Å². The Morgan fingerprint density at radius 1 is 1.14 bits per heavy atom. The lowest BCUT2D eigenvalue weighted by Crippen LogP contribution is -2.40. The molecule has 0 radical (unpaired) electrons. The molecule has 0 spiro atoms. The van der Waals surface area contributed by atoms with Crippen LogP contribution >= 0.6 is 0 Å². The van der Waals surface area contributed by atoms with E-state index in [-0.39, 0.29) is 0 Å². The van der Waals surface area contributed by atoms with E-state index < -0.39 is 0 Å². The number of aromatic nitrogens is 2. The zero-order valence-corrected chi connectivity index (χ0v) is 17.5. The molecule has 158 valence electrons. The third-order valence-electron chi connectivity index (χ3n) is 4.83. The summed E-state index contributed by atoms with van der Waals surface area (Å²) < 4.78 is 10.7. The molecule has 1 aromatic heterocycles. The lowest BCUT2D eigenvalue weighted by molar-refractivity contribution is 0.0394. The van der Waals surface area contributed by atoms with Gasteiger partial charge in [-0.15, -0.1) is 0 Å². The summed E-state index contributed by atoms with van der Waals surface area (Å²) in [6.07, 6.45) is 1.69. The molecule has 2 aromatic rings. The highest BCUT2D eigenvalue weighted by molar-refractivity contribution is 5.79. The van der Waals surface area contributed by atoms with Crippen molar-refractivity contribution in [3.05, 3.63) is 35.7 Å². The van der Waals surface area contributed by atoms with Crippen molar-refractivity contribution in [2.24, 2.45) is 4.99 Å². The van der Waals surface area contributed by atoms with Crippen LogP contribution in [0.15, 0.2) is 33.8 Å². The fourth-order valence-electron chi connectivity index (χ4n) is 3.12. The minimum absolute atomic E-state index is 0.577. The number of ether oxygens (including phenoxy) is 1. The van der Waals surface area contributed by atoms with Gasteiger partial charge in [-0.2, -0.15) is 4.98 Å². The molecule has 2 heterocycles. The molecule has 0 aliphatic carbocycles. The molecule has 8 nitrogen and oxygen atoms in total. The monoisotopic (exact) mass is 400 g/mol. The van der Waals surface area contributed by atoms with Crippen LogP contribution < -0.4 is 10.6 Å². The van der Waals surface area contributed by atoms with Gasteiger partial charge in [-0.1, -0.05) is 24.2 Å². The molecule has 3 rings (SSSR count). The highest BCUT2D eigenvalue weighted by Gasteiger charge is 2.09. The van der Waals surface area contributed by atoms with Gasteiger partial charge in [-0.05, 0) is 31.0 Å². The maximum Gasteiger partial charge on any atom is 0.257 e. The van der Waals surface area contributed by atoms with Crippen LogP contribution in [-0.2, 0) is 17.6 Å². The third-order valence-corrected chi connectivity index (χ3v) is 4.83. The third kappa shape index (κ3) is 6.83. The molecular formula is C21H32N6O2. The Bertz CT molecular complexity index is 753. The second kappa shape index (κ2) is 11.5. The Balaban J connectivity index is 1.44. The SMILES string of the molecule is CCNC(=NCCN1CCOCC1)NCCc1ccc(-c2nc(CC)no2)cc1. The number of morpholine rings is 1. The van der Waals surface area contributed by atoms with Gasteiger partial charge in [0, 0.05) is 44.7 Å². The number of hydrogen-bond acceptors (Lipinski definition) is 6. The second-order valence-electron chi connectivity index (χ2n) is 6.96. The zero-order valence-electron chi connectivity index (χ0n) is 17.5. The number of nitrogens with zero attached hydrogens (tertiary/aromatic N) is 4. The maximum absolute atomic E-state index is 5.39. The predicted octanol–water partition coefficient (Wildman–Crippen LogP) is 1.73. The van der Waals surface area contributed by atoms with Crippen molar-refractivity contribution in [1.29, 1.82) is 0 Å². The van der Waals surface area contributed by atoms with Gasteiger partial charge in [-0.25, -0.2) is 0 Å². The van der Waals surface area contributed by atoms with E-state index in [1.165, 1.54) is 5.56 Å². The summed E-state index contributed by atoms with van der Waals surface area (Å²) in [7, 11) is 0. The molecular weight excluding hydrogens is 368 g/mol. The van der Waals surface area contributed by atoms with Gasteiger partial charge in [-0.3, -0.25) is 9.89 Å². The first kappa shape index (κ1) is 21.3. The number of benzene rings is 1. The van der Waals surface area contributed by atoms with Gasteiger partial charge in [0.1, 0.15) is 0 Å². The summed E-state index contributed by atoms with van der Waals surface area (Å²) in [5.41, 5.74) is 2.20. The molecule has 0 atom stereocenters. The van der Waals surface area contributed by atoms with E-state index in [0.717, 1.165) is 82.7 Å². The van der Waals surface area contributed by atoms with Crippen LogP contribution in [0.1, 0.15) is 25.2 Å². The highest BCUT2D eigenvalue weighted by Crippen LogP contribution is 2.18. The Kier molecular flexibility index (Phi) is 8.45. The number of guanidine groups is 1. The van der Waals surface area contributed by atoms with Crippen LogP contribution in [0, 0.1) is 0 Å². The number of aliphatic imine (C=N–C) groups is 1. The number of nitrogens with one attached hydrogen (secondary N) is 2. The van der Waals surface area contributed by atoms with Crippen molar-refractivity contribution >= 4 is 5.96 Å². The van der Waals surface area contributed by atoms with E-state index in [1.54, 1.807) is 0 Å². The lowest BCUT2D eigenvalue weighted by Gasteiger charge is -2.25. The van der Waals surface area contributed by atoms with Crippen molar-refractivity contribution in [3.8, 4) is 11.5 Å². The van der Waals surface area contributed by atoms with E-state index in [0.29, 0.717) is 5.89 Å². The lowest BCUT2D eigenvalue weighted by atomic mass is 10.1. The fourth-order valence-corrected chi connectivity index (χ4v) is 3.12. The van der Waals surface area contributed by atoms with Crippen molar-refractivity contribution in [2.75, 3.05) is 52.5 Å². The minimum Gasteiger partial charge on any atom is -0.379 e. The molecule has 0 saturated carbocycles. The first-order chi connectivity index (χ1) is 14.3. The largest absolute Gasteiger partial charge is 0.379 e. The first-order valence-electron chi connectivity index (χ1n) is 10.5. The maximum atomic E-state index is 5.39. The second-order valence-corrected chi connectivity index (χ2v) is 6.96. The van der Waals surface area contributed by atoms with Crippen molar-refractivity contribution in [1.82, 2.24) is 25.7 Å². The summed E-state index contributed by atoms with van der Waals surface area (Å²) in [6.45, 7) is 11.2. The van der Waals surface area contributed by atoms with Gasteiger partial charge < -0.3 is 19.9 Å². The standard InChI is InChI=1S/C21H32N6O2/c1-3-19-25-20(29-26-19)18-7-5-17(6-8-18)9-10-23-21(22-4-2)24-11-12-27-13-15-28-16-14-27/h5-8H,3-4,9-16H2,1-2H3,(H2,22,23,24). The molecule has 2 N–H and O–H groups in total. The zero-order chi connectivity index (χ0) is 20.3. The first-order valence-corrected chi connectivity index (χ1v) is 10.5. The molecule has 1 fully saturated rings. The molecule has 29 heavy (non-hydrogen) atoms. The Labute approximate surface area is 172 Å². The molecule has 0 bridgehead atoms. The van der Waals surface area contributed by atoms with Crippen molar-refractivity contribution in [3.63, 3.8) is 0 Å². The van der Waals surface area contributed by atoms with Gasteiger partial charge in [0.05, 0.1) is 19.8 Å². The predicted molar refractivity (Wildman–Crippen MR) is 114 cm³/mol. The molecule has 1 aliphatic heterocycles. The van der Waals surface area contributed by atoms with Crippen LogP contribution in [0.5, 0.6) is 0 Å². The molecule has 1 saturated heterocycles. The van der Waals surface area contributed by atoms with Crippen LogP contribution in [0.2, 0.25) is 0 Å². The Morgan fingerprint density at radius 2 is 1.93 bits per heavy atom. The molecule has 0 unspecified atom stereocenters. The quantitative estimate of drug-likeness (QED) is 0.489. The highest BCUT2D eigenvalue weighted by atomic mass is 16.5. The van der Waals surface area contributed by atoms with E-state index in [1.807, 2.05) is 19.1 Å². The summed E-state index contributed by atoms with van der Waals surface area (Å²) >= 11 is 0. The van der Waals surface area contributed by atoms with Gasteiger partial charge in [0.25, 0.3) is 5.89 Å². The van der Waals surface area contributed by atoms with Gasteiger partial charge in [0.2, 0.25) is 0 Å². The van der Waals surface area contributed by atoms with Crippen LogP contribution in [0.3, 0.4) is 0 Å². The molecule has 1 aromatic carbocycles. The number of hydrogen-bond donors (Lipinski definition) is 2. The van der Waals surface area contributed by atoms with E-state index in [4.69, 9.17) is 9.26 Å². The molecule has 0 amide bonds. The molecule has 8 heteroatoms. The average molecular weight is 401 g/mol. The average Bonchev–Trinajstić information content (AvgIpc) is 3.24. The number of rotatable bonds is 9. The smallest absolute Gasteiger partial charge is 0.257 e. The summed E-state index contributed by atoms with van der Waals surface area (Å²) in [5.74, 6) is 2.18. The Morgan fingerprint density at radius 3 is 2.62 bits per heavy atom. The summed E-state index contributed by atoms with van der Waals surface area (Å²) in [4.78, 5) is 11.5. The van der Waals surface area contributed by atoms with E-state index in [9.17, 15) is 0 Å². The van der Waals surface area contributed by atoms with Crippen LogP contribution in [0.25, 0.3) is 11.5 Å². The summed E-state index contributed by atoms with van der Waals surface area (Å²) in [5, 5.41) is 10.7. The van der Waals surface area contributed by atoms with Gasteiger partial charge in [0.15, 0.2) is 11.8 Å². The fraction of sp³-hybridized carbons (Fsp3) is 0.571. The topological polar surface area (TPSA) is 87.8 Å².